The van der Waals surface area contributed by atoms with Gasteiger partial charge < -0.3 is 4.74 Å². The molecule has 0 aliphatic heterocycles. The minimum absolute atomic E-state index is 0.210. The van der Waals surface area contributed by atoms with E-state index in [0.29, 0.717) is 5.56 Å². The highest BCUT2D eigenvalue weighted by Gasteiger charge is 2.13. The van der Waals surface area contributed by atoms with Crippen LogP contribution in [-0.4, -0.2) is 0 Å². The molecule has 0 saturated carbocycles. The van der Waals surface area contributed by atoms with E-state index < -0.39 is 0 Å². The van der Waals surface area contributed by atoms with Gasteiger partial charge in [0, 0.05) is 5.56 Å². The van der Waals surface area contributed by atoms with E-state index in [2.05, 4.69) is 6.58 Å². The van der Waals surface area contributed by atoms with Gasteiger partial charge in [0.15, 0.2) is 0 Å². The highest BCUT2D eigenvalue weighted by Crippen LogP contribution is 2.24. The molecule has 0 aliphatic rings. The average Bonchev–Trinajstić information content (AvgIpc) is 2.18. The first kappa shape index (κ1) is 10.8. The summed E-state index contributed by atoms with van der Waals surface area (Å²) in [7, 11) is 0. The normalized spacial score (nSPS) is 12.1. The summed E-state index contributed by atoms with van der Waals surface area (Å²) in [6, 6.07) is 6.69. The number of rotatable bonds is 5. The van der Waals surface area contributed by atoms with Crippen LogP contribution in [0.15, 0.2) is 37.1 Å². The Morgan fingerprint density at radius 1 is 1.50 bits per heavy atom. The van der Waals surface area contributed by atoms with Gasteiger partial charge in [-0.25, -0.2) is 4.39 Å². The van der Waals surface area contributed by atoms with Gasteiger partial charge in [-0.1, -0.05) is 38.1 Å². The molecule has 0 fully saturated rings. The topological polar surface area (TPSA) is 9.23 Å². The number of hydrogen-bond donors (Lipinski definition) is 0. The molecule has 1 atom stereocenters. The Bertz CT molecular complexity index is 296. The number of benzene rings is 1. The van der Waals surface area contributed by atoms with Crippen LogP contribution in [0.2, 0.25) is 0 Å². The second kappa shape index (κ2) is 5.43. The third-order valence-electron chi connectivity index (χ3n) is 2.06. The molecule has 14 heavy (non-hydrogen) atoms. The number of halogens is 1. The van der Waals surface area contributed by atoms with E-state index in [1.807, 2.05) is 13.0 Å². The van der Waals surface area contributed by atoms with Crippen LogP contribution < -0.4 is 0 Å². The van der Waals surface area contributed by atoms with Crippen molar-refractivity contribution in [1.82, 2.24) is 0 Å². The van der Waals surface area contributed by atoms with Crippen molar-refractivity contribution in [1.29, 1.82) is 0 Å². The molecule has 0 radical (unpaired) electrons. The van der Waals surface area contributed by atoms with Crippen molar-refractivity contribution in [3.05, 3.63) is 48.5 Å². The van der Waals surface area contributed by atoms with E-state index in [0.717, 1.165) is 12.8 Å². The molecule has 0 aromatic heterocycles. The Morgan fingerprint density at radius 2 is 2.21 bits per heavy atom. The molecule has 1 nitrogen and oxygen atoms in total. The molecule has 0 aliphatic carbocycles. The lowest BCUT2D eigenvalue weighted by Crippen LogP contribution is -2.02. The van der Waals surface area contributed by atoms with E-state index in [1.165, 1.54) is 12.3 Å². The smallest absolute Gasteiger partial charge is 0.130 e. The van der Waals surface area contributed by atoms with Crippen molar-refractivity contribution in [2.24, 2.45) is 0 Å². The lowest BCUT2D eigenvalue weighted by molar-refractivity contribution is 0.133. The van der Waals surface area contributed by atoms with Gasteiger partial charge in [-0.15, -0.1) is 0 Å². The van der Waals surface area contributed by atoms with Gasteiger partial charge in [-0.3, -0.25) is 0 Å². The Kier molecular flexibility index (Phi) is 4.17. The minimum atomic E-state index is -0.215. The second-order valence-electron chi connectivity index (χ2n) is 3.10. The van der Waals surface area contributed by atoms with E-state index in [9.17, 15) is 4.39 Å². The predicted molar refractivity (Wildman–Crippen MR) is 55.3 cm³/mol. The van der Waals surface area contributed by atoms with Crippen LogP contribution in [0.4, 0.5) is 4.39 Å². The van der Waals surface area contributed by atoms with Crippen molar-refractivity contribution < 1.29 is 9.13 Å². The first-order valence-corrected chi connectivity index (χ1v) is 4.80. The Hall–Kier alpha value is -1.31. The molecule has 0 N–H and O–H groups in total. The quantitative estimate of drug-likeness (QED) is 0.647. The predicted octanol–water partition coefficient (Wildman–Crippen LogP) is 3.83. The lowest BCUT2D eigenvalue weighted by Gasteiger charge is -2.16. The number of hydrogen-bond acceptors (Lipinski definition) is 1. The molecule has 1 unspecified atom stereocenters. The third kappa shape index (κ3) is 2.59. The monoisotopic (exact) mass is 194 g/mol. The highest BCUT2D eigenvalue weighted by atomic mass is 19.1. The van der Waals surface area contributed by atoms with Crippen LogP contribution in [-0.2, 0) is 4.74 Å². The molecule has 1 aromatic carbocycles. The van der Waals surface area contributed by atoms with Gasteiger partial charge in [0.25, 0.3) is 0 Å². The lowest BCUT2D eigenvalue weighted by atomic mass is 10.0. The fraction of sp³-hybridized carbons (Fsp3) is 0.333. The first-order chi connectivity index (χ1) is 6.79. The highest BCUT2D eigenvalue weighted by molar-refractivity contribution is 5.20. The van der Waals surface area contributed by atoms with Gasteiger partial charge in [0.1, 0.15) is 11.9 Å². The van der Waals surface area contributed by atoms with E-state index in [1.54, 1.807) is 12.1 Å². The molecule has 1 rings (SSSR count). The second-order valence-corrected chi connectivity index (χ2v) is 3.10. The van der Waals surface area contributed by atoms with Crippen LogP contribution in [0.5, 0.6) is 0 Å². The average molecular weight is 194 g/mol. The molecule has 1 aromatic rings. The summed E-state index contributed by atoms with van der Waals surface area (Å²) >= 11 is 0. The molecule has 0 saturated heterocycles. The van der Waals surface area contributed by atoms with Crippen molar-refractivity contribution in [2.75, 3.05) is 0 Å². The summed E-state index contributed by atoms with van der Waals surface area (Å²) in [5.41, 5.74) is 0.606. The summed E-state index contributed by atoms with van der Waals surface area (Å²) in [4.78, 5) is 0. The summed E-state index contributed by atoms with van der Waals surface area (Å²) in [5, 5.41) is 0. The van der Waals surface area contributed by atoms with Crippen LogP contribution in [0.3, 0.4) is 0 Å². The van der Waals surface area contributed by atoms with Gasteiger partial charge >= 0.3 is 0 Å². The largest absolute Gasteiger partial charge is 0.494 e. The molecule has 0 heterocycles. The van der Waals surface area contributed by atoms with Crippen molar-refractivity contribution in [3.8, 4) is 0 Å². The maximum absolute atomic E-state index is 13.4. The summed E-state index contributed by atoms with van der Waals surface area (Å²) in [6.07, 6.45) is 2.91. The van der Waals surface area contributed by atoms with E-state index >= 15 is 0 Å². The fourth-order valence-electron chi connectivity index (χ4n) is 1.41. The van der Waals surface area contributed by atoms with Crippen molar-refractivity contribution in [3.63, 3.8) is 0 Å². The zero-order valence-electron chi connectivity index (χ0n) is 8.37. The Morgan fingerprint density at radius 3 is 2.79 bits per heavy atom. The molecule has 0 spiro atoms. The standard InChI is InChI=1S/C12H15FO/c1-3-7-12(14-4-2)10-8-5-6-9-11(10)13/h4-6,8-9,12H,2-3,7H2,1H3. The summed E-state index contributed by atoms with van der Waals surface area (Å²) < 4.78 is 18.6. The van der Waals surface area contributed by atoms with E-state index in [4.69, 9.17) is 4.74 Å². The van der Waals surface area contributed by atoms with Crippen LogP contribution in [0, 0.1) is 5.82 Å². The number of ether oxygens (including phenoxy) is 1. The molecular formula is C12H15FO. The van der Waals surface area contributed by atoms with Crippen LogP contribution in [0.1, 0.15) is 31.4 Å². The molecule has 0 amide bonds. The maximum atomic E-state index is 13.4. The molecular weight excluding hydrogens is 179 g/mol. The van der Waals surface area contributed by atoms with Gasteiger partial charge in [0.2, 0.25) is 0 Å². The minimum Gasteiger partial charge on any atom is -0.494 e. The van der Waals surface area contributed by atoms with Crippen LogP contribution >= 0.6 is 0 Å². The SMILES string of the molecule is C=COC(CCC)c1ccccc1F. The third-order valence-corrected chi connectivity index (χ3v) is 2.06. The van der Waals surface area contributed by atoms with Crippen molar-refractivity contribution in [2.45, 2.75) is 25.9 Å². The molecule has 0 bridgehead atoms. The Labute approximate surface area is 84.2 Å². The summed E-state index contributed by atoms with van der Waals surface area (Å²) in [6.45, 7) is 5.54. The summed E-state index contributed by atoms with van der Waals surface area (Å²) in [5.74, 6) is -0.215. The van der Waals surface area contributed by atoms with Crippen LogP contribution in [0.25, 0.3) is 0 Å². The van der Waals surface area contributed by atoms with E-state index in [-0.39, 0.29) is 11.9 Å². The van der Waals surface area contributed by atoms with Gasteiger partial charge in [-0.2, -0.15) is 0 Å². The molecule has 76 valence electrons. The maximum Gasteiger partial charge on any atom is 0.130 e. The van der Waals surface area contributed by atoms with Gasteiger partial charge in [-0.05, 0) is 12.5 Å². The zero-order chi connectivity index (χ0) is 10.4. The van der Waals surface area contributed by atoms with Gasteiger partial charge in [0.05, 0.1) is 6.26 Å². The van der Waals surface area contributed by atoms with Crippen molar-refractivity contribution >= 4 is 0 Å². The first-order valence-electron chi connectivity index (χ1n) is 4.80. The fourth-order valence-corrected chi connectivity index (χ4v) is 1.41. The zero-order valence-corrected chi connectivity index (χ0v) is 8.37. The molecule has 2 heteroatoms. The Balaban J connectivity index is 2.86.